The van der Waals surface area contributed by atoms with Crippen molar-refractivity contribution in [1.82, 2.24) is 19.7 Å². The molecule has 224 valence electrons. The summed E-state index contributed by atoms with van der Waals surface area (Å²) in [5.41, 5.74) is 5.56. The van der Waals surface area contributed by atoms with Crippen molar-refractivity contribution >= 4 is 44.4 Å². The molecule has 0 radical (unpaired) electrons. The summed E-state index contributed by atoms with van der Waals surface area (Å²) in [6, 6.07) is 17.2. The van der Waals surface area contributed by atoms with Gasteiger partial charge in [-0.1, -0.05) is 35.6 Å². The lowest BCUT2D eigenvalue weighted by Gasteiger charge is -2.31. The predicted molar refractivity (Wildman–Crippen MR) is 170 cm³/mol. The SMILES string of the molecule is Cc1c(-c2ccc(N3CCc4cccc(C(=O)Nc5nc6ccccc6s5)c4C3)nc2C(=O)O)cnn1CC1CCCCO1. The van der Waals surface area contributed by atoms with E-state index in [9.17, 15) is 14.7 Å². The number of carboxylic acid groups (broad SMARTS) is 1. The maximum Gasteiger partial charge on any atom is 0.355 e. The third-order valence-electron chi connectivity index (χ3n) is 8.48. The van der Waals surface area contributed by atoms with E-state index in [0.29, 0.717) is 48.1 Å². The molecule has 1 atom stereocenters. The molecule has 0 bridgehead atoms. The van der Waals surface area contributed by atoms with Gasteiger partial charge in [-0.3, -0.25) is 14.8 Å². The summed E-state index contributed by atoms with van der Waals surface area (Å²) in [4.78, 5) is 37.1. The average molecular weight is 609 g/mol. The number of anilines is 2. The molecule has 0 aliphatic carbocycles. The standard InChI is InChI=1S/C33H32N6O4S/c1-20-25(17-34-39(20)18-22-8-4-5-16-43-22)23-12-13-29(36-30(23)32(41)42)38-15-14-21-7-6-9-24(26(21)19-38)31(40)37-33-35-27-10-2-3-11-28(27)44-33/h2-3,6-7,9-13,17,22H,4-5,8,14-16,18-19H2,1H3,(H,41,42)(H,35,37,40). The summed E-state index contributed by atoms with van der Waals surface area (Å²) in [7, 11) is 0. The van der Waals surface area contributed by atoms with Crippen LogP contribution in [-0.2, 0) is 24.2 Å². The third kappa shape index (κ3) is 5.44. The molecule has 2 aliphatic rings. The number of fused-ring (bicyclic) bond motifs is 2. The number of benzene rings is 2. The van der Waals surface area contributed by atoms with Crippen molar-refractivity contribution in [2.45, 2.75) is 51.8 Å². The number of amides is 1. The normalized spacial score (nSPS) is 16.6. The monoisotopic (exact) mass is 608 g/mol. The third-order valence-corrected chi connectivity index (χ3v) is 9.43. The van der Waals surface area contributed by atoms with Crippen LogP contribution in [-0.4, -0.2) is 56.0 Å². The van der Waals surface area contributed by atoms with Crippen LogP contribution in [0.3, 0.4) is 0 Å². The molecule has 1 unspecified atom stereocenters. The fourth-order valence-corrected chi connectivity index (χ4v) is 6.98. The highest BCUT2D eigenvalue weighted by Crippen LogP contribution is 2.32. The van der Waals surface area contributed by atoms with E-state index in [2.05, 4.69) is 20.4 Å². The zero-order valence-electron chi connectivity index (χ0n) is 24.3. The summed E-state index contributed by atoms with van der Waals surface area (Å²) >= 11 is 1.44. The van der Waals surface area contributed by atoms with Crippen LogP contribution in [0.25, 0.3) is 21.3 Å². The van der Waals surface area contributed by atoms with Gasteiger partial charge in [0.1, 0.15) is 5.82 Å². The molecule has 3 aromatic heterocycles. The van der Waals surface area contributed by atoms with Crippen LogP contribution in [0.15, 0.2) is 60.8 Å². The first-order valence-electron chi connectivity index (χ1n) is 14.9. The number of hydrogen-bond donors (Lipinski definition) is 2. The number of ether oxygens (including phenoxy) is 1. The Bertz CT molecular complexity index is 1840. The fourth-order valence-electron chi connectivity index (χ4n) is 6.12. The van der Waals surface area contributed by atoms with Gasteiger partial charge in [0.2, 0.25) is 0 Å². The number of nitrogens with zero attached hydrogens (tertiary/aromatic N) is 5. The molecule has 1 saturated heterocycles. The van der Waals surface area contributed by atoms with Crippen molar-refractivity contribution in [2.75, 3.05) is 23.4 Å². The van der Waals surface area contributed by atoms with E-state index in [1.807, 2.05) is 71.1 Å². The molecule has 1 fully saturated rings. The smallest absolute Gasteiger partial charge is 0.355 e. The number of rotatable bonds is 7. The summed E-state index contributed by atoms with van der Waals surface area (Å²) in [5, 5.41) is 18.3. The van der Waals surface area contributed by atoms with Crippen LogP contribution < -0.4 is 10.2 Å². The van der Waals surface area contributed by atoms with Gasteiger partial charge < -0.3 is 14.7 Å². The lowest BCUT2D eigenvalue weighted by molar-refractivity contribution is 0.00366. The predicted octanol–water partition coefficient (Wildman–Crippen LogP) is 5.95. The highest BCUT2D eigenvalue weighted by molar-refractivity contribution is 7.22. The number of aromatic carboxylic acids is 1. The number of carbonyl (C=O) groups excluding carboxylic acids is 1. The largest absolute Gasteiger partial charge is 0.476 e. The molecular weight excluding hydrogens is 576 g/mol. The Morgan fingerprint density at radius 1 is 1.07 bits per heavy atom. The highest BCUT2D eigenvalue weighted by atomic mass is 32.1. The second-order valence-corrected chi connectivity index (χ2v) is 12.3. The lowest BCUT2D eigenvalue weighted by atomic mass is 9.94. The molecule has 0 spiro atoms. The van der Waals surface area contributed by atoms with E-state index < -0.39 is 5.97 Å². The molecule has 2 aromatic carbocycles. The van der Waals surface area contributed by atoms with Gasteiger partial charge in [0.25, 0.3) is 5.91 Å². The van der Waals surface area contributed by atoms with Crippen LogP contribution >= 0.6 is 11.3 Å². The Morgan fingerprint density at radius 2 is 1.95 bits per heavy atom. The van der Waals surface area contributed by atoms with E-state index in [4.69, 9.17) is 4.74 Å². The van der Waals surface area contributed by atoms with Gasteiger partial charge in [-0.15, -0.1) is 0 Å². The minimum Gasteiger partial charge on any atom is -0.476 e. The molecule has 44 heavy (non-hydrogen) atoms. The van der Waals surface area contributed by atoms with Crippen molar-refractivity contribution in [1.29, 1.82) is 0 Å². The van der Waals surface area contributed by atoms with E-state index in [1.54, 1.807) is 6.20 Å². The van der Waals surface area contributed by atoms with Crippen molar-refractivity contribution in [2.24, 2.45) is 0 Å². The fraction of sp³-hybridized carbons (Fsp3) is 0.303. The molecule has 2 aliphatic heterocycles. The summed E-state index contributed by atoms with van der Waals surface area (Å²) in [5.74, 6) is -0.764. The van der Waals surface area contributed by atoms with E-state index >= 15 is 0 Å². The number of nitrogens with one attached hydrogen (secondary N) is 1. The number of carboxylic acids is 1. The molecule has 11 heteroatoms. The molecule has 7 rings (SSSR count). The number of aromatic nitrogens is 4. The van der Waals surface area contributed by atoms with Crippen LogP contribution in [0.5, 0.6) is 0 Å². The van der Waals surface area contributed by atoms with Crippen LogP contribution in [0.1, 0.15) is 56.9 Å². The molecule has 1 amide bonds. The second kappa shape index (κ2) is 11.8. The van der Waals surface area contributed by atoms with Crippen molar-refractivity contribution in [3.05, 3.63) is 88.9 Å². The minimum atomic E-state index is -1.10. The zero-order chi connectivity index (χ0) is 30.2. The Kier molecular flexibility index (Phi) is 7.57. The topological polar surface area (TPSA) is 122 Å². The molecular formula is C33H32N6O4S. The highest BCUT2D eigenvalue weighted by Gasteiger charge is 2.26. The van der Waals surface area contributed by atoms with Gasteiger partial charge in [0, 0.05) is 42.1 Å². The van der Waals surface area contributed by atoms with E-state index in [-0.39, 0.29) is 17.7 Å². The number of thiazole rings is 1. The maximum absolute atomic E-state index is 13.4. The second-order valence-electron chi connectivity index (χ2n) is 11.2. The number of carbonyl (C=O) groups is 2. The Morgan fingerprint density at radius 3 is 2.77 bits per heavy atom. The zero-order valence-corrected chi connectivity index (χ0v) is 25.1. The van der Waals surface area contributed by atoms with Gasteiger partial charge in [-0.25, -0.2) is 14.8 Å². The Hall–Kier alpha value is -4.61. The lowest BCUT2D eigenvalue weighted by Crippen LogP contribution is -2.33. The molecule has 5 aromatic rings. The maximum atomic E-state index is 13.4. The Balaban J connectivity index is 1.14. The summed E-state index contributed by atoms with van der Waals surface area (Å²) in [6.07, 6.45) is 5.76. The molecule has 2 N–H and O–H groups in total. The summed E-state index contributed by atoms with van der Waals surface area (Å²) in [6.45, 7) is 4.44. The van der Waals surface area contributed by atoms with E-state index in [1.165, 1.54) is 11.3 Å². The van der Waals surface area contributed by atoms with E-state index in [0.717, 1.165) is 58.5 Å². The quantitative estimate of drug-likeness (QED) is 0.233. The molecule has 10 nitrogen and oxygen atoms in total. The average Bonchev–Trinajstić information content (AvgIpc) is 3.62. The van der Waals surface area contributed by atoms with Gasteiger partial charge in [0.15, 0.2) is 10.8 Å². The molecule has 0 saturated carbocycles. The summed E-state index contributed by atoms with van der Waals surface area (Å²) < 4.78 is 8.79. The van der Waals surface area contributed by atoms with Gasteiger partial charge in [0.05, 0.1) is 29.1 Å². The molecule has 5 heterocycles. The van der Waals surface area contributed by atoms with Gasteiger partial charge >= 0.3 is 5.97 Å². The van der Waals surface area contributed by atoms with Crippen LogP contribution in [0.2, 0.25) is 0 Å². The minimum absolute atomic E-state index is 0.0215. The van der Waals surface area contributed by atoms with Gasteiger partial charge in [-0.2, -0.15) is 5.10 Å². The van der Waals surface area contributed by atoms with Crippen molar-refractivity contribution in [3.8, 4) is 11.1 Å². The first-order chi connectivity index (χ1) is 21.4. The Labute approximate surface area is 258 Å². The number of hydrogen-bond acceptors (Lipinski definition) is 8. The van der Waals surface area contributed by atoms with Gasteiger partial charge in [-0.05, 0) is 74.1 Å². The van der Waals surface area contributed by atoms with Crippen molar-refractivity contribution in [3.63, 3.8) is 0 Å². The first kappa shape index (κ1) is 28.2. The number of pyridine rings is 1. The number of para-hydroxylation sites is 1. The van der Waals surface area contributed by atoms with Crippen molar-refractivity contribution < 1.29 is 19.4 Å². The first-order valence-corrected chi connectivity index (χ1v) is 15.7. The van der Waals surface area contributed by atoms with Crippen LogP contribution in [0.4, 0.5) is 10.9 Å². The van der Waals surface area contributed by atoms with Crippen LogP contribution in [0, 0.1) is 6.92 Å².